The molecule has 1 aromatic carbocycles. The molecule has 0 spiro atoms. The topological polar surface area (TPSA) is 113 Å². The Balaban J connectivity index is 1.98. The van der Waals surface area contributed by atoms with Gasteiger partial charge in [0, 0.05) is 56.6 Å². The summed E-state index contributed by atoms with van der Waals surface area (Å²) in [5.74, 6) is 0.601. The Hall–Kier alpha value is -3.47. The number of hydrogen-bond acceptors (Lipinski definition) is 7. The molecule has 1 atom stereocenters. The average molecular weight is 546 g/mol. The summed E-state index contributed by atoms with van der Waals surface area (Å²) >= 11 is 0. The fraction of sp³-hybridized carbons (Fsp3) is 0.607. The van der Waals surface area contributed by atoms with Crippen molar-refractivity contribution in [3.63, 3.8) is 0 Å². The van der Waals surface area contributed by atoms with Crippen LogP contribution in [0.4, 0.5) is 9.59 Å². The largest absolute Gasteiger partial charge is 0.497 e. The molecule has 2 heterocycles. The van der Waals surface area contributed by atoms with Crippen molar-refractivity contribution in [3.05, 3.63) is 35.0 Å². The van der Waals surface area contributed by atoms with Crippen molar-refractivity contribution in [2.75, 3.05) is 60.1 Å². The molecule has 1 saturated heterocycles. The summed E-state index contributed by atoms with van der Waals surface area (Å²) in [5, 5.41) is 6.02. The van der Waals surface area contributed by atoms with E-state index in [-0.39, 0.29) is 24.2 Å². The molecule has 1 unspecified atom stereocenters. The molecule has 3 rings (SSSR count). The molecule has 2 aliphatic heterocycles. The number of methoxy groups -OCH3 is 2. The lowest BCUT2D eigenvalue weighted by Crippen LogP contribution is -2.51. The van der Waals surface area contributed by atoms with E-state index in [1.54, 1.807) is 44.2 Å². The summed E-state index contributed by atoms with van der Waals surface area (Å²) in [7, 11) is 3.10. The van der Waals surface area contributed by atoms with E-state index in [0.717, 1.165) is 13.0 Å². The second kappa shape index (κ2) is 13.1. The fourth-order valence-electron chi connectivity index (χ4n) is 4.85. The Bertz CT molecular complexity index is 1060. The highest BCUT2D eigenvalue weighted by Crippen LogP contribution is 2.35. The van der Waals surface area contributed by atoms with Gasteiger partial charge >= 0.3 is 18.0 Å². The summed E-state index contributed by atoms with van der Waals surface area (Å²) in [4.78, 5) is 45.1. The van der Waals surface area contributed by atoms with E-state index in [1.807, 2.05) is 32.6 Å². The summed E-state index contributed by atoms with van der Waals surface area (Å²) in [6.45, 7) is 12.9. The molecule has 2 aliphatic rings. The third-order valence-corrected chi connectivity index (χ3v) is 6.69. The van der Waals surface area contributed by atoms with Gasteiger partial charge in [-0.1, -0.05) is 0 Å². The lowest BCUT2D eigenvalue weighted by atomic mass is 9.93. The monoisotopic (exact) mass is 545 g/mol. The molecule has 11 nitrogen and oxygen atoms in total. The molecule has 2 N–H and O–H groups in total. The van der Waals surface area contributed by atoms with Crippen LogP contribution in [-0.2, 0) is 9.53 Å². The smallest absolute Gasteiger partial charge is 0.338 e. The van der Waals surface area contributed by atoms with Gasteiger partial charge in [-0.25, -0.2) is 14.4 Å². The molecular formula is C28H43N5O6. The summed E-state index contributed by atoms with van der Waals surface area (Å²) < 4.78 is 16.4. The Morgan fingerprint density at radius 1 is 1.03 bits per heavy atom. The van der Waals surface area contributed by atoms with Gasteiger partial charge in [-0.2, -0.15) is 0 Å². The maximum atomic E-state index is 13.5. The van der Waals surface area contributed by atoms with E-state index in [0.29, 0.717) is 61.1 Å². The zero-order valence-electron chi connectivity index (χ0n) is 24.3. The summed E-state index contributed by atoms with van der Waals surface area (Å²) in [5.41, 5.74) is 1.30. The van der Waals surface area contributed by atoms with Gasteiger partial charge in [-0.05, 0) is 58.7 Å². The number of esters is 1. The minimum absolute atomic E-state index is 0.0879. The van der Waals surface area contributed by atoms with Gasteiger partial charge < -0.3 is 29.7 Å². The lowest BCUT2D eigenvalue weighted by Gasteiger charge is -2.38. The molecule has 0 radical (unpaired) electrons. The predicted molar refractivity (Wildman–Crippen MR) is 148 cm³/mol. The van der Waals surface area contributed by atoms with E-state index >= 15 is 0 Å². The molecule has 0 saturated carbocycles. The van der Waals surface area contributed by atoms with Gasteiger partial charge in [0.2, 0.25) is 0 Å². The molecule has 1 fully saturated rings. The first-order chi connectivity index (χ1) is 18.5. The van der Waals surface area contributed by atoms with E-state index < -0.39 is 12.0 Å². The van der Waals surface area contributed by atoms with Crippen LogP contribution in [0.25, 0.3) is 0 Å². The van der Waals surface area contributed by atoms with E-state index in [4.69, 9.17) is 14.2 Å². The first-order valence-electron chi connectivity index (χ1n) is 13.5. The number of nitrogens with zero attached hydrogens (tertiary/aromatic N) is 3. The van der Waals surface area contributed by atoms with Crippen molar-refractivity contribution in [1.82, 2.24) is 25.3 Å². The van der Waals surface area contributed by atoms with Crippen LogP contribution >= 0.6 is 0 Å². The second-order valence-corrected chi connectivity index (χ2v) is 10.7. The van der Waals surface area contributed by atoms with Crippen LogP contribution in [0.2, 0.25) is 0 Å². The number of carbonyl (C=O) groups is 3. The van der Waals surface area contributed by atoms with Crippen LogP contribution in [-0.4, -0.2) is 98.4 Å². The molecule has 1 aromatic rings. The summed E-state index contributed by atoms with van der Waals surface area (Å²) in [6, 6.07) is 4.16. The maximum absolute atomic E-state index is 13.5. The van der Waals surface area contributed by atoms with Gasteiger partial charge in [0.05, 0.1) is 32.4 Å². The quantitative estimate of drug-likeness (QED) is 0.483. The summed E-state index contributed by atoms with van der Waals surface area (Å²) in [6.07, 6.45) is 0.772. The maximum Gasteiger partial charge on any atom is 0.338 e. The molecule has 0 bridgehead atoms. The third kappa shape index (κ3) is 7.56. The van der Waals surface area contributed by atoms with Crippen molar-refractivity contribution in [3.8, 4) is 11.5 Å². The zero-order valence-corrected chi connectivity index (χ0v) is 24.3. The number of ether oxygens (including phenoxy) is 3. The molecular weight excluding hydrogens is 502 g/mol. The van der Waals surface area contributed by atoms with Crippen LogP contribution in [0.1, 0.15) is 52.6 Å². The Morgan fingerprint density at radius 3 is 2.26 bits per heavy atom. The van der Waals surface area contributed by atoms with Crippen molar-refractivity contribution in [1.29, 1.82) is 0 Å². The minimum atomic E-state index is -0.751. The Labute approximate surface area is 231 Å². The highest BCUT2D eigenvalue weighted by atomic mass is 16.5. The van der Waals surface area contributed by atoms with Crippen LogP contribution in [0.3, 0.4) is 0 Å². The average Bonchev–Trinajstić information content (AvgIpc) is 3.13. The highest BCUT2D eigenvalue weighted by molar-refractivity contribution is 5.95. The standard InChI is InChI=1S/C28H43N5O6/c1-8-33-22(18-31-11-10-12-32(14-13-31)27(36)30-28(3,4)5)23(25(34)39-9-2)24(29-26(33)35)19-15-20(37-6)17-21(16-19)38-7/h15-17,24H,8-14,18H2,1-7H3,(H,29,35)(H,30,36). The second-order valence-electron chi connectivity index (χ2n) is 10.7. The van der Waals surface area contributed by atoms with Crippen molar-refractivity contribution in [2.24, 2.45) is 0 Å². The number of urea groups is 2. The number of hydrogen-bond donors (Lipinski definition) is 2. The molecule has 39 heavy (non-hydrogen) atoms. The molecule has 11 heteroatoms. The van der Waals surface area contributed by atoms with Gasteiger partial charge in [0.15, 0.2) is 0 Å². The first-order valence-corrected chi connectivity index (χ1v) is 13.5. The SMILES string of the molecule is CCOC(=O)C1=C(CN2CCCN(C(=O)NC(C)(C)C)CC2)N(CC)C(=O)NC1c1cc(OC)cc(OC)c1. The molecule has 0 aromatic heterocycles. The van der Waals surface area contributed by atoms with E-state index in [2.05, 4.69) is 15.5 Å². The van der Waals surface area contributed by atoms with E-state index in [9.17, 15) is 14.4 Å². The van der Waals surface area contributed by atoms with Gasteiger partial charge in [0.25, 0.3) is 0 Å². The van der Waals surface area contributed by atoms with Crippen molar-refractivity contribution < 1.29 is 28.6 Å². The van der Waals surface area contributed by atoms with Gasteiger partial charge in [-0.15, -0.1) is 0 Å². The molecule has 216 valence electrons. The van der Waals surface area contributed by atoms with Crippen molar-refractivity contribution >= 4 is 18.0 Å². The van der Waals surface area contributed by atoms with E-state index in [1.165, 1.54) is 0 Å². The molecule has 4 amide bonds. The number of carbonyl (C=O) groups excluding carboxylic acids is 3. The third-order valence-electron chi connectivity index (χ3n) is 6.69. The Kier molecular flexibility index (Phi) is 10.1. The van der Waals surface area contributed by atoms with Crippen molar-refractivity contribution in [2.45, 2.75) is 52.6 Å². The fourth-order valence-corrected chi connectivity index (χ4v) is 4.85. The first kappa shape index (κ1) is 30.1. The van der Waals surface area contributed by atoms with Gasteiger partial charge in [0.1, 0.15) is 11.5 Å². The zero-order chi connectivity index (χ0) is 28.7. The van der Waals surface area contributed by atoms with Crippen LogP contribution in [0.15, 0.2) is 29.5 Å². The number of nitrogens with one attached hydrogen (secondary N) is 2. The van der Waals surface area contributed by atoms with Crippen LogP contribution < -0.4 is 20.1 Å². The molecule has 0 aliphatic carbocycles. The minimum Gasteiger partial charge on any atom is -0.497 e. The van der Waals surface area contributed by atoms with Gasteiger partial charge in [-0.3, -0.25) is 9.80 Å². The number of amides is 4. The highest BCUT2D eigenvalue weighted by Gasteiger charge is 2.39. The number of rotatable bonds is 8. The van der Waals surface area contributed by atoms with Crippen LogP contribution in [0.5, 0.6) is 11.5 Å². The number of benzene rings is 1. The van der Waals surface area contributed by atoms with Crippen LogP contribution in [0, 0.1) is 0 Å². The Morgan fingerprint density at radius 2 is 1.69 bits per heavy atom. The number of likely N-dealkylation sites (N-methyl/N-ethyl adjacent to an activating group) is 1. The lowest BCUT2D eigenvalue weighted by molar-refractivity contribution is -0.139. The normalized spacial score (nSPS) is 18.8. The predicted octanol–water partition coefficient (Wildman–Crippen LogP) is 3.12.